The third kappa shape index (κ3) is 2.93. The summed E-state index contributed by atoms with van der Waals surface area (Å²) in [5, 5.41) is 7.01. The van der Waals surface area contributed by atoms with Crippen molar-refractivity contribution < 1.29 is 0 Å². The predicted molar refractivity (Wildman–Crippen MR) is 54.3 cm³/mol. The summed E-state index contributed by atoms with van der Waals surface area (Å²) in [6, 6.07) is 0. The maximum atomic E-state index is 4.94. The van der Waals surface area contributed by atoms with E-state index < -0.39 is 0 Å². The summed E-state index contributed by atoms with van der Waals surface area (Å²) in [5.41, 5.74) is 0. The van der Waals surface area contributed by atoms with Crippen LogP contribution in [-0.2, 0) is 0 Å². The molecule has 4 nitrogen and oxygen atoms in total. The fourth-order valence-electron chi connectivity index (χ4n) is 0.534. The Morgan fingerprint density at radius 1 is 1.83 bits per heavy atom. The summed E-state index contributed by atoms with van der Waals surface area (Å²) >= 11 is 6.20. The lowest BCUT2D eigenvalue weighted by molar-refractivity contribution is 1.06. The van der Waals surface area contributed by atoms with Gasteiger partial charge in [-0.05, 0) is 12.2 Å². The van der Waals surface area contributed by atoms with Gasteiger partial charge in [0.15, 0.2) is 5.11 Å². The van der Waals surface area contributed by atoms with E-state index in [2.05, 4.69) is 26.6 Å². The zero-order chi connectivity index (χ0) is 8.81. The number of anilines is 1. The Kier molecular flexibility index (Phi) is 3.62. The molecule has 0 aliphatic heterocycles. The Labute approximate surface area is 79.9 Å². The second-order valence-corrected chi connectivity index (χ2v) is 3.06. The minimum Gasteiger partial charge on any atom is -0.359 e. The number of hydrogen-bond acceptors (Lipinski definition) is 4. The van der Waals surface area contributed by atoms with E-state index in [4.69, 9.17) is 12.2 Å². The molecule has 0 spiro atoms. The van der Waals surface area contributed by atoms with E-state index in [1.54, 1.807) is 6.08 Å². The summed E-state index contributed by atoms with van der Waals surface area (Å²) in [4.78, 5) is 3.91. The van der Waals surface area contributed by atoms with Gasteiger partial charge in [0.2, 0.25) is 5.13 Å². The Balaban J connectivity index is 2.32. The van der Waals surface area contributed by atoms with Gasteiger partial charge in [-0.25, -0.2) is 4.98 Å². The lowest BCUT2D eigenvalue weighted by Crippen LogP contribution is -2.28. The molecule has 1 aromatic rings. The number of aromatic nitrogens is 2. The standard InChI is InChI=1S/C6H8N4S2/c1-2-3-7-5(11)10-6-8-4-9-12-6/h2,4H,1,3H2,(H2,7,8,9,10,11). The molecule has 0 aliphatic carbocycles. The van der Waals surface area contributed by atoms with Crippen LogP contribution in [-0.4, -0.2) is 21.0 Å². The molecule has 12 heavy (non-hydrogen) atoms. The van der Waals surface area contributed by atoms with Crippen LogP contribution in [0.2, 0.25) is 0 Å². The van der Waals surface area contributed by atoms with Crippen LogP contribution in [0.25, 0.3) is 0 Å². The molecule has 0 radical (unpaired) electrons. The topological polar surface area (TPSA) is 49.8 Å². The van der Waals surface area contributed by atoms with Gasteiger partial charge in [-0.1, -0.05) is 6.08 Å². The van der Waals surface area contributed by atoms with Crippen LogP contribution in [0.5, 0.6) is 0 Å². The van der Waals surface area contributed by atoms with Crippen molar-refractivity contribution in [3.63, 3.8) is 0 Å². The van der Waals surface area contributed by atoms with Crippen molar-refractivity contribution in [1.29, 1.82) is 0 Å². The average Bonchev–Trinajstić information content (AvgIpc) is 2.53. The van der Waals surface area contributed by atoms with Gasteiger partial charge in [-0.2, -0.15) is 4.37 Å². The quantitative estimate of drug-likeness (QED) is 0.563. The summed E-state index contributed by atoms with van der Waals surface area (Å²) < 4.78 is 3.82. The first-order valence-electron chi connectivity index (χ1n) is 3.25. The largest absolute Gasteiger partial charge is 0.359 e. The first-order valence-corrected chi connectivity index (χ1v) is 4.43. The molecule has 64 valence electrons. The van der Waals surface area contributed by atoms with E-state index in [9.17, 15) is 0 Å². The molecule has 0 bridgehead atoms. The highest BCUT2D eigenvalue weighted by Gasteiger charge is 1.97. The molecule has 1 aromatic heterocycles. The van der Waals surface area contributed by atoms with E-state index in [1.165, 1.54) is 17.9 Å². The molecule has 0 aliphatic rings. The van der Waals surface area contributed by atoms with Crippen LogP contribution < -0.4 is 10.6 Å². The minimum absolute atomic E-state index is 0.534. The molecular weight excluding hydrogens is 192 g/mol. The maximum absolute atomic E-state index is 4.94. The summed E-state index contributed by atoms with van der Waals surface area (Å²) in [6.07, 6.45) is 3.21. The average molecular weight is 200 g/mol. The van der Waals surface area contributed by atoms with Gasteiger partial charge < -0.3 is 10.6 Å². The van der Waals surface area contributed by atoms with Crippen LogP contribution >= 0.6 is 23.8 Å². The summed E-state index contributed by atoms with van der Waals surface area (Å²) in [5.74, 6) is 0. The van der Waals surface area contributed by atoms with Crippen LogP contribution in [0.15, 0.2) is 19.0 Å². The molecule has 1 rings (SSSR count). The molecule has 6 heteroatoms. The first kappa shape index (κ1) is 9.08. The molecule has 0 atom stereocenters. The van der Waals surface area contributed by atoms with Crippen molar-refractivity contribution in [1.82, 2.24) is 14.7 Å². The highest BCUT2D eigenvalue weighted by Crippen LogP contribution is 2.05. The zero-order valence-electron chi connectivity index (χ0n) is 6.28. The van der Waals surface area contributed by atoms with Gasteiger partial charge in [0, 0.05) is 18.1 Å². The fourth-order valence-corrected chi connectivity index (χ4v) is 1.22. The number of nitrogens with one attached hydrogen (secondary N) is 2. The highest BCUT2D eigenvalue weighted by molar-refractivity contribution is 7.80. The number of nitrogens with zero attached hydrogens (tertiary/aromatic N) is 2. The molecule has 0 amide bonds. The smallest absolute Gasteiger partial charge is 0.208 e. The number of rotatable bonds is 3. The van der Waals surface area contributed by atoms with Crippen LogP contribution in [0, 0.1) is 0 Å². The van der Waals surface area contributed by atoms with E-state index in [1.807, 2.05) is 0 Å². The Morgan fingerprint density at radius 3 is 3.25 bits per heavy atom. The van der Waals surface area contributed by atoms with Crippen molar-refractivity contribution in [2.24, 2.45) is 0 Å². The molecule has 0 saturated heterocycles. The number of hydrogen-bond donors (Lipinski definition) is 2. The van der Waals surface area contributed by atoms with Gasteiger partial charge in [0.1, 0.15) is 6.33 Å². The second-order valence-electron chi connectivity index (χ2n) is 1.87. The Bertz CT molecular complexity index is 257. The fraction of sp³-hybridized carbons (Fsp3) is 0.167. The monoisotopic (exact) mass is 200 g/mol. The third-order valence-electron chi connectivity index (χ3n) is 0.989. The third-order valence-corrected chi connectivity index (χ3v) is 1.82. The van der Waals surface area contributed by atoms with Crippen LogP contribution in [0.1, 0.15) is 0 Å². The van der Waals surface area contributed by atoms with Gasteiger partial charge in [0.25, 0.3) is 0 Å². The van der Waals surface area contributed by atoms with Crippen molar-refractivity contribution in [3.8, 4) is 0 Å². The predicted octanol–water partition coefficient (Wildman–Crippen LogP) is 1.01. The first-order chi connectivity index (χ1) is 5.83. The minimum atomic E-state index is 0.534. The van der Waals surface area contributed by atoms with Crippen molar-refractivity contribution in [2.45, 2.75) is 0 Å². The lowest BCUT2D eigenvalue weighted by Gasteiger charge is -2.03. The highest BCUT2D eigenvalue weighted by atomic mass is 32.1. The molecular formula is C6H8N4S2. The molecule has 2 N–H and O–H groups in total. The van der Waals surface area contributed by atoms with Crippen molar-refractivity contribution in [3.05, 3.63) is 19.0 Å². The second kappa shape index (κ2) is 4.78. The van der Waals surface area contributed by atoms with Gasteiger partial charge >= 0.3 is 0 Å². The van der Waals surface area contributed by atoms with Gasteiger partial charge in [0.05, 0.1) is 0 Å². The van der Waals surface area contributed by atoms with Gasteiger partial charge in [-0.15, -0.1) is 6.58 Å². The van der Waals surface area contributed by atoms with E-state index in [0.717, 1.165) is 0 Å². The van der Waals surface area contributed by atoms with E-state index >= 15 is 0 Å². The summed E-state index contributed by atoms with van der Waals surface area (Å²) in [6.45, 7) is 4.20. The Morgan fingerprint density at radius 2 is 2.67 bits per heavy atom. The van der Waals surface area contributed by atoms with Crippen LogP contribution in [0.3, 0.4) is 0 Å². The number of thiocarbonyl (C=S) groups is 1. The molecule has 0 fully saturated rings. The van der Waals surface area contributed by atoms with Crippen molar-refractivity contribution >= 4 is 34.0 Å². The lowest BCUT2D eigenvalue weighted by atomic mass is 10.6. The summed E-state index contributed by atoms with van der Waals surface area (Å²) in [7, 11) is 0. The SMILES string of the molecule is C=CCNC(=S)Nc1ncns1. The van der Waals surface area contributed by atoms with E-state index in [-0.39, 0.29) is 0 Å². The normalized spacial score (nSPS) is 9.00. The van der Waals surface area contributed by atoms with Gasteiger partial charge in [-0.3, -0.25) is 0 Å². The zero-order valence-corrected chi connectivity index (χ0v) is 7.91. The van der Waals surface area contributed by atoms with E-state index in [0.29, 0.717) is 16.8 Å². The molecule has 1 heterocycles. The van der Waals surface area contributed by atoms with Crippen molar-refractivity contribution in [2.75, 3.05) is 11.9 Å². The van der Waals surface area contributed by atoms with Crippen LogP contribution in [0.4, 0.5) is 5.13 Å². The Hall–Kier alpha value is -1.01. The molecule has 0 aromatic carbocycles. The maximum Gasteiger partial charge on any atom is 0.208 e. The molecule has 0 saturated carbocycles. The molecule has 0 unspecified atom stereocenters.